The van der Waals surface area contributed by atoms with Crippen molar-refractivity contribution >= 4 is 35.8 Å². The van der Waals surface area contributed by atoms with E-state index in [0.717, 1.165) is 12.1 Å². The molecule has 0 bridgehead atoms. The first-order valence-electron chi connectivity index (χ1n) is 8.54. The standard InChI is InChI=1S/C18H28F2N4O.HI/c1-5-21-16(25)18(3,4)12-24-17(22-6-2)23-10-9-13-11-14(19)7-8-15(13)20;/h7-8,11H,5-6,9-10,12H2,1-4H3,(H,21,25)(H2,22,23,24);1H. The lowest BCUT2D eigenvalue weighted by Crippen LogP contribution is -2.42. The third-order valence-electron chi connectivity index (χ3n) is 3.62. The zero-order valence-corrected chi connectivity index (χ0v) is 18.1. The molecule has 0 aliphatic heterocycles. The topological polar surface area (TPSA) is 65.5 Å². The Morgan fingerprint density at radius 1 is 1.12 bits per heavy atom. The van der Waals surface area contributed by atoms with Crippen LogP contribution in [0, 0.1) is 17.0 Å². The first-order valence-corrected chi connectivity index (χ1v) is 8.54. The Labute approximate surface area is 171 Å². The van der Waals surface area contributed by atoms with Crippen LogP contribution in [0.25, 0.3) is 0 Å². The van der Waals surface area contributed by atoms with Crippen molar-refractivity contribution in [1.29, 1.82) is 0 Å². The van der Waals surface area contributed by atoms with E-state index in [1.807, 2.05) is 27.7 Å². The molecule has 0 atom stereocenters. The molecule has 1 amide bonds. The van der Waals surface area contributed by atoms with Gasteiger partial charge in [0.1, 0.15) is 11.6 Å². The third kappa shape index (κ3) is 8.29. The number of guanidine groups is 1. The third-order valence-corrected chi connectivity index (χ3v) is 3.62. The second kappa shape index (κ2) is 12.0. The van der Waals surface area contributed by atoms with Crippen molar-refractivity contribution in [3.05, 3.63) is 35.4 Å². The van der Waals surface area contributed by atoms with Crippen molar-refractivity contribution in [1.82, 2.24) is 16.0 Å². The zero-order chi connectivity index (χ0) is 18.9. The second-order valence-electron chi connectivity index (χ2n) is 6.35. The van der Waals surface area contributed by atoms with Crippen molar-refractivity contribution in [2.24, 2.45) is 10.4 Å². The summed E-state index contributed by atoms with van der Waals surface area (Å²) in [4.78, 5) is 16.4. The number of carbonyl (C=O) groups is 1. The quantitative estimate of drug-likeness (QED) is 0.304. The fraction of sp³-hybridized carbons (Fsp3) is 0.556. The highest BCUT2D eigenvalue weighted by Gasteiger charge is 2.26. The van der Waals surface area contributed by atoms with E-state index in [1.54, 1.807) is 0 Å². The maximum atomic E-state index is 13.6. The van der Waals surface area contributed by atoms with Crippen LogP contribution >= 0.6 is 24.0 Å². The molecule has 0 unspecified atom stereocenters. The molecule has 0 spiro atoms. The van der Waals surface area contributed by atoms with Crippen LogP contribution in [-0.2, 0) is 11.2 Å². The van der Waals surface area contributed by atoms with Crippen LogP contribution in [0.2, 0.25) is 0 Å². The van der Waals surface area contributed by atoms with Gasteiger partial charge in [-0.15, -0.1) is 24.0 Å². The van der Waals surface area contributed by atoms with E-state index in [2.05, 4.69) is 20.9 Å². The second-order valence-corrected chi connectivity index (χ2v) is 6.35. The lowest BCUT2D eigenvalue weighted by atomic mass is 9.92. The summed E-state index contributed by atoms with van der Waals surface area (Å²) >= 11 is 0. The molecule has 0 saturated carbocycles. The fourth-order valence-corrected chi connectivity index (χ4v) is 2.14. The van der Waals surface area contributed by atoms with Gasteiger partial charge in [0, 0.05) is 19.6 Å². The summed E-state index contributed by atoms with van der Waals surface area (Å²) < 4.78 is 26.8. The number of carbonyl (C=O) groups excluding carboxylic acids is 1. The van der Waals surface area contributed by atoms with Gasteiger partial charge in [0.15, 0.2) is 5.96 Å². The lowest BCUT2D eigenvalue weighted by molar-refractivity contribution is -0.128. The molecule has 0 aliphatic rings. The van der Waals surface area contributed by atoms with Crippen molar-refractivity contribution in [2.75, 3.05) is 26.2 Å². The number of halogens is 3. The molecule has 1 rings (SSSR count). The van der Waals surface area contributed by atoms with Crippen molar-refractivity contribution in [3.8, 4) is 0 Å². The molecular formula is C18H29F2IN4O. The first-order chi connectivity index (χ1) is 11.8. The van der Waals surface area contributed by atoms with E-state index in [9.17, 15) is 13.6 Å². The van der Waals surface area contributed by atoms with Crippen LogP contribution in [0.15, 0.2) is 23.2 Å². The van der Waals surface area contributed by atoms with E-state index >= 15 is 0 Å². The Balaban J connectivity index is 0.00000625. The zero-order valence-electron chi connectivity index (χ0n) is 15.8. The summed E-state index contributed by atoms with van der Waals surface area (Å²) in [6.07, 6.45) is 0.327. The molecule has 0 saturated heterocycles. The van der Waals surface area contributed by atoms with Gasteiger partial charge >= 0.3 is 0 Å². The van der Waals surface area contributed by atoms with Gasteiger partial charge in [-0.1, -0.05) is 0 Å². The number of aliphatic imine (C=N–C) groups is 1. The molecule has 0 radical (unpaired) electrons. The number of nitrogens with zero attached hydrogens (tertiary/aromatic N) is 1. The number of nitrogens with one attached hydrogen (secondary N) is 3. The number of hydrogen-bond acceptors (Lipinski definition) is 2. The molecule has 5 nitrogen and oxygen atoms in total. The Bertz CT molecular complexity index is 609. The Morgan fingerprint density at radius 3 is 2.38 bits per heavy atom. The Kier molecular flexibility index (Phi) is 11.4. The SMILES string of the molecule is CCNC(=O)C(C)(C)CN=C(NCC)NCCc1cc(F)ccc1F.I. The minimum absolute atomic E-state index is 0. The lowest BCUT2D eigenvalue weighted by Gasteiger charge is -2.22. The molecule has 3 N–H and O–H groups in total. The molecular weight excluding hydrogens is 453 g/mol. The van der Waals surface area contributed by atoms with Gasteiger partial charge in [-0.25, -0.2) is 8.78 Å². The number of amides is 1. The van der Waals surface area contributed by atoms with E-state index in [1.165, 1.54) is 6.07 Å². The minimum Gasteiger partial charge on any atom is -0.357 e. The van der Waals surface area contributed by atoms with Gasteiger partial charge in [0.2, 0.25) is 5.91 Å². The fourth-order valence-electron chi connectivity index (χ4n) is 2.14. The van der Waals surface area contributed by atoms with Gasteiger partial charge < -0.3 is 16.0 Å². The minimum atomic E-state index is -0.632. The highest BCUT2D eigenvalue weighted by molar-refractivity contribution is 14.0. The average Bonchev–Trinajstić information content (AvgIpc) is 2.56. The molecule has 148 valence electrons. The van der Waals surface area contributed by atoms with E-state index in [0.29, 0.717) is 44.1 Å². The molecule has 1 aromatic rings. The van der Waals surface area contributed by atoms with E-state index in [-0.39, 0.29) is 29.9 Å². The van der Waals surface area contributed by atoms with Crippen LogP contribution in [0.4, 0.5) is 8.78 Å². The Morgan fingerprint density at radius 2 is 1.77 bits per heavy atom. The van der Waals surface area contributed by atoms with E-state index < -0.39 is 17.0 Å². The molecule has 1 aromatic carbocycles. The van der Waals surface area contributed by atoms with Crippen LogP contribution in [-0.4, -0.2) is 38.0 Å². The predicted molar refractivity (Wildman–Crippen MR) is 112 cm³/mol. The summed E-state index contributed by atoms with van der Waals surface area (Å²) in [6.45, 7) is 9.38. The van der Waals surface area contributed by atoms with Gasteiger partial charge in [0.05, 0.1) is 12.0 Å². The highest BCUT2D eigenvalue weighted by Crippen LogP contribution is 2.15. The normalized spacial score (nSPS) is 11.5. The summed E-state index contributed by atoms with van der Waals surface area (Å²) in [5.41, 5.74) is -0.321. The summed E-state index contributed by atoms with van der Waals surface area (Å²) in [7, 11) is 0. The summed E-state index contributed by atoms with van der Waals surface area (Å²) in [5.74, 6) is -0.406. The maximum Gasteiger partial charge on any atom is 0.227 e. The number of hydrogen-bond donors (Lipinski definition) is 3. The molecule has 0 aromatic heterocycles. The molecule has 0 aliphatic carbocycles. The predicted octanol–water partition coefficient (Wildman–Crippen LogP) is 2.84. The average molecular weight is 482 g/mol. The van der Waals surface area contributed by atoms with Gasteiger partial charge in [-0.3, -0.25) is 9.79 Å². The van der Waals surface area contributed by atoms with Crippen LogP contribution in [0.5, 0.6) is 0 Å². The largest absolute Gasteiger partial charge is 0.357 e. The summed E-state index contributed by atoms with van der Waals surface area (Å²) in [6, 6.07) is 3.42. The van der Waals surface area contributed by atoms with E-state index in [4.69, 9.17) is 0 Å². The van der Waals surface area contributed by atoms with Crippen LogP contribution < -0.4 is 16.0 Å². The highest BCUT2D eigenvalue weighted by atomic mass is 127. The van der Waals surface area contributed by atoms with Crippen molar-refractivity contribution in [3.63, 3.8) is 0 Å². The number of benzene rings is 1. The Hall–Kier alpha value is -1.45. The van der Waals surface area contributed by atoms with Gasteiger partial charge in [-0.05, 0) is 57.9 Å². The molecule has 26 heavy (non-hydrogen) atoms. The number of rotatable bonds is 8. The van der Waals surface area contributed by atoms with Crippen LogP contribution in [0.3, 0.4) is 0 Å². The monoisotopic (exact) mass is 482 g/mol. The first kappa shape index (κ1) is 24.6. The molecule has 0 heterocycles. The summed E-state index contributed by atoms with van der Waals surface area (Å²) in [5, 5.41) is 8.95. The van der Waals surface area contributed by atoms with Crippen LogP contribution in [0.1, 0.15) is 33.3 Å². The molecule has 0 fully saturated rings. The smallest absolute Gasteiger partial charge is 0.227 e. The van der Waals surface area contributed by atoms with Gasteiger partial charge in [0.25, 0.3) is 0 Å². The van der Waals surface area contributed by atoms with Crippen molar-refractivity contribution < 1.29 is 13.6 Å². The molecule has 8 heteroatoms. The van der Waals surface area contributed by atoms with Gasteiger partial charge in [-0.2, -0.15) is 0 Å². The maximum absolute atomic E-state index is 13.6. The van der Waals surface area contributed by atoms with Crippen molar-refractivity contribution in [2.45, 2.75) is 34.1 Å².